The third-order valence-electron chi connectivity index (χ3n) is 2.75. The van der Waals surface area contributed by atoms with Crippen LogP contribution in [0.4, 0.5) is 0 Å². The van der Waals surface area contributed by atoms with Crippen molar-refractivity contribution in [2.75, 3.05) is 18.8 Å². The molecule has 0 aliphatic rings. The highest BCUT2D eigenvalue weighted by Gasteiger charge is 2.12. The fraction of sp³-hybridized carbons (Fsp3) is 0.385. The van der Waals surface area contributed by atoms with Crippen molar-refractivity contribution in [1.29, 1.82) is 0 Å². The lowest BCUT2D eigenvalue weighted by Crippen LogP contribution is -2.37. The van der Waals surface area contributed by atoms with Crippen molar-refractivity contribution < 1.29 is 9.59 Å². The van der Waals surface area contributed by atoms with Crippen LogP contribution in [0.2, 0.25) is 10.0 Å². The lowest BCUT2D eigenvalue weighted by Gasteiger charge is -2.05. The van der Waals surface area contributed by atoms with E-state index in [4.69, 9.17) is 23.2 Å². The predicted molar refractivity (Wildman–Crippen MR) is 90.0 cm³/mol. The average Bonchev–Trinajstić information content (AvgIpc) is 2.92. The number of pyridine rings is 1. The molecule has 0 saturated carbocycles. The molecule has 0 unspecified atom stereocenters. The quantitative estimate of drug-likeness (QED) is 0.719. The van der Waals surface area contributed by atoms with Crippen molar-refractivity contribution in [3.05, 3.63) is 22.3 Å². The summed E-state index contributed by atoms with van der Waals surface area (Å²) in [5, 5.41) is 14.5. The van der Waals surface area contributed by atoms with Crippen LogP contribution in [-0.2, 0) is 9.59 Å². The number of thioether (sulfide) groups is 1. The molecule has 0 atom stereocenters. The first-order valence-electron chi connectivity index (χ1n) is 6.87. The highest BCUT2D eigenvalue weighted by Crippen LogP contribution is 2.25. The number of fused-ring (bicyclic) bond motifs is 1. The third kappa shape index (κ3) is 4.98. The molecule has 2 rings (SSSR count). The maximum atomic E-state index is 11.8. The highest BCUT2D eigenvalue weighted by atomic mass is 35.5. The van der Waals surface area contributed by atoms with Gasteiger partial charge in [-0.25, -0.2) is 0 Å². The summed E-state index contributed by atoms with van der Waals surface area (Å²) in [6, 6.07) is 1.57. The number of rotatable bonds is 7. The predicted octanol–water partition coefficient (Wildman–Crippen LogP) is 1.77. The van der Waals surface area contributed by atoms with E-state index in [1.54, 1.807) is 16.7 Å². The van der Waals surface area contributed by atoms with Gasteiger partial charge in [-0.05, 0) is 12.5 Å². The van der Waals surface area contributed by atoms with Crippen molar-refractivity contribution in [3.8, 4) is 0 Å². The molecule has 2 aromatic rings. The van der Waals surface area contributed by atoms with Gasteiger partial charge in [0.25, 0.3) is 0 Å². The molecular formula is C13H15Cl2N5O2S. The van der Waals surface area contributed by atoms with Gasteiger partial charge in [0.15, 0.2) is 10.8 Å². The largest absolute Gasteiger partial charge is 0.355 e. The van der Waals surface area contributed by atoms with Crippen molar-refractivity contribution >= 4 is 52.4 Å². The van der Waals surface area contributed by atoms with Gasteiger partial charge in [-0.1, -0.05) is 41.9 Å². The molecule has 0 fully saturated rings. The third-order valence-corrected chi connectivity index (χ3v) is 4.17. The minimum atomic E-state index is -0.272. The number of halogens is 2. The molecule has 0 aliphatic carbocycles. The zero-order valence-electron chi connectivity index (χ0n) is 12.3. The fourth-order valence-electron chi connectivity index (χ4n) is 1.69. The number of amides is 2. The van der Waals surface area contributed by atoms with Crippen LogP contribution in [0, 0.1) is 0 Å². The lowest BCUT2D eigenvalue weighted by atomic mass is 10.4. The Kier molecular flexibility index (Phi) is 6.49. The van der Waals surface area contributed by atoms with Crippen LogP contribution in [0.1, 0.15) is 13.3 Å². The molecular weight excluding hydrogens is 361 g/mol. The van der Waals surface area contributed by atoms with Crippen molar-refractivity contribution in [2.24, 2.45) is 0 Å². The number of nitrogens with zero attached hydrogens (tertiary/aromatic N) is 3. The maximum absolute atomic E-state index is 11.8. The van der Waals surface area contributed by atoms with E-state index in [-0.39, 0.29) is 24.1 Å². The van der Waals surface area contributed by atoms with Gasteiger partial charge >= 0.3 is 0 Å². The zero-order chi connectivity index (χ0) is 16.8. The van der Waals surface area contributed by atoms with Crippen LogP contribution < -0.4 is 10.6 Å². The Labute approximate surface area is 147 Å². The van der Waals surface area contributed by atoms with E-state index >= 15 is 0 Å². The van der Waals surface area contributed by atoms with E-state index in [9.17, 15) is 9.59 Å². The smallest absolute Gasteiger partial charge is 0.239 e. The molecule has 0 radical (unpaired) electrons. The fourth-order valence-corrected chi connectivity index (χ4v) is 2.94. The van der Waals surface area contributed by atoms with Crippen molar-refractivity contribution in [2.45, 2.75) is 18.5 Å². The van der Waals surface area contributed by atoms with E-state index < -0.39 is 0 Å². The number of aromatic nitrogens is 3. The number of nitrogens with one attached hydrogen (secondary N) is 2. The van der Waals surface area contributed by atoms with Gasteiger partial charge in [0, 0.05) is 12.7 Å². The summed E-state index contributed by atoms with van der Waals surface area (Å²) >= 11 is 13.2. The Balaban J connectivity index is 1.89. The van der Waals surface area contributed by atoms with Gasteiger partial charge < -0.3 is 10.6 Å². The summed E-state index contributed by atoms with van der Waals surface area (Å²) in [6.45, 7) is 2.51. The lowest BCUT2D eigenvalue weighted by molar-refractivity contribution is -0.124. The van der Waals surface area contributed by atoms with Gasteiger partial charge in [0.05, 0.1) is 22.3 Å². The maximum Gasteiger partial charge on any atom is 0.239 e. The van der Waals surface area contributed by atoms with Crippen LogP contribution in [0.3, 0.4) is 0 Å². The second-order valence-electron chi connectivity index (χ2n) is 4.60. The Morgan fingerprint density at radius 2 is 2.04 bits per heavy atom. The van der Waals surface area contributed by atoms with Crippen LogP contribution in [0.5, 0.6) is 0 Å². The molecule has 0 aromatic carbocycles. The minimum Gasteiger partial charge on any atom is -0.355 e. The molecule has 0 spiro atoms. The average molecular weight is 376 g/mol. The van der Waals surface area contributed by atoms with Crippen LogP contribution in [-0.4, -0.2) is 45.3 Å². The monoisotopic (exact) mass is 375 g/mol. The SMILES string of the molecule is CCCNC(=O)CNC(=O)CSc1nnc2c(Cl)cc(Cl)cn12. The van der Waals surface area contributed by atoms with Crippen molar-refractivity contribution in [1.82, 2.24) is 25.2 Å². The van der Waals surface area contributed by atoms with Gasteiger partial charge in [0.2, 0.25) is 11.8 Å². The number of carbonyl (C=O) groups is 2. The first-order valence-corrected chi connectivity index (χ1v) is 8.61. The van der Waals surface area contributed by atoms with E-state index in [1.807, 2.05) is 6.92 Å². The van der Waals surface area contributed by atoms with Crippen molar-refractivity contribution in [3.63, 3.8) is 0 Å². The summed E-state index contributed by atoms with van der Waals surface area (Å²) in [4.78, 5) is 23.2. The Bertz CT molecular complexity index is 722. The van der Waals surface area contributed by atoms with E-state index in [0.29, 0.717) is 27.4 Å². The summed E-state index contributed by atoms with van der Waals surface area (Å²) < 4.78 is 1.62. The molecule has 124 valence electrons. The molecule has 2 N–H and O–H groups in total. The topological polar surface area (TPSA) is 88.4 Å². The first-order chi connectivity index (χ1) is 11.0. The second kappa shape index (κ2) is 8.37. The van der Waals surface area contributed by atoms with Gasteiger partial charge in [-0.3, -0.25) is 14.0 Å². The van der Waals surface area contributed by atoms with Gasteiger partial charge in [-0.2, -0.15) is 0 Å². The standard InChI is InChI=1S/C13H15Cl2N5O2S/c1-2-3-16-10(21)5-17-11(22)7-23-13-19-18-12-9(15)4-8(14)6-20(12)13/h4,6H,2-3,5,7H2,1H3,(H,16,21)(H,17,22). The summed E-state index contributed by atoms with van der Waals surface area (Å²) in [5.74, 6) is -0.380. The Hall–Kier alpha value is -1.51. The Morgan fingerprint density at radius 1 is 1.26 bits per heavy atom. The number of hydrogen-bond donors (Lipinski definition) is 2. The molecule has 23 heavy (non-hydrogen) atoms. The van der Waals surface area contributed by atoms with Gasteiger partial charge in [-0.15, -0.1) is 10.2 Å². The number of carbonyl (C=O) groups excluding carboxylic acids is 2. The minimum absolute atomic E-state index is 0.0440. The summed E-state index contributed by atoms with van der Waals surface area (Å²) in [7, 11) is 0. The molecule has 2 heterocycles. The second-order valence-corrected chi connectivity index (χ2v) is 6.38. The molecule has 7 nitrogen and oxygen atoms in total. The van der Waals surface area contributed by atoms with Crippen LogP contribution >= 0.6 is 35.0 Å². The van der Waals surface area contributed by atoms with Crippen LogP contribution in [0.15, 0.2) is 17.4 Å². The normalized spacial score (nSPS) is 10.7. The first kappa shape index (κ1) is 17.8. The van der Waals surface area contributed by atoms with Crippen LogP contribution in [0.25, 0.3) is 5.65 Å². The molecule has 0 bridgehead atoms. The number of hydrogen-bond acceptors (Lipinski definition) is 5. The molecule has 10 heteroatoms. The highest BCUT2D eigenvalue weighted by molar-refractivity contribution is 7.99. The molecule has 0 saturated heterocycles. The Morgan fingerprint density at radius 3 is 2.78 bits per heavy atom. The van der Waals surface area contributed by atoms with E-state index in [2.05, 4.69) is 20.8 Å². The van der Waals surface area contributed by atoms with E-state index in [1.165, 1.54) is 11.8 Å². The van der Waals surface area contributed by atoms with Gasteiger partial charge in [0.1, 0.15) is 0 Å². The van der Waals surface area contributed by atoms with E-state index in [0.717, 1.165) is 6.42 Å². The summed E-state index contributed by atoms with van der Waals surface area (Å²) in [5.41, 5.74) is 0.470. The molecule has 0 aliphatic heterocycles. The zero-order valence-corrected chi connectivity index (χ0v) is 14.6. The molecule has 2 aromatic heterocycles. The summed E-state index contributed by atoms with van der Waals surface area (Å²) in [6.07, 6.45) is 2.47. The molecule has 2 amide bonds.